The molecule has 0 unspecified atom stereocenters. The van der Waals surface area contributed by atoms with Crippen molar-refractivity contribution < 1.29 is 9.90 Å². The lowest BCUT2D eigenvalue weighted by atomic mass is 10.1. The minimum absolute atomic E-state index is 0.0178. The Morgan fingerprint density at radius 1 is 1.57 bits per heavy atom. The summed E-state index contributed by atoms with van der Waals surface area (Å²) in [5.74, 6) is -0.858. The first-order chi connectivity index (χ1) is 6.68. The van der Waals surface area contributed by atoms with E-state index in [0.29, 0.717) is 11.1 Å². The summed E-state index contributed by atoms with van der Waals surface area (Å²) in [7, 11) is 1.78. The van der Waals surface area contributed by atoms with Gasteiger partial charge in [0.2, 0.25) is 0 Å². The highest BCUT2D eigenvalue weighted by molar-refractivity contribution is 5.82. The number of carbonyl (C=O) groups is 1. The summed E-state index contributed by atoms with van der Waals surface area (Å²) < 4.78 is 1.63. The Labute approximate surface area is 80.0 Å². The number of aliphatic carboxylic acids is 1. The highest BCUT2D eigenvalue weighted by Crippen LogP contribution is 2.15. The fourth-order valence-electron chi connectivity index (χ4n) is 1.42. The van der Waals surface area contributed by atoms with Crippen molar-refractivity contribution in [3.8, 4) is 0 Å². The quantitative estimate of drug-likeness (QED) is 0.754. The lowest BCUT2D eigenvalue weighted by Crippen LogP contribution is -2.00. The van der Waals surface area contributed by atoms with Crippen LogP contribution in [-0.4, -0.2) is 26.1 Å². The molecule has 0 spiro atoms. The molecular weight excluding hydrogens is 182 g/mol. The molecule has 5 heteroatoms. The SMILES string of the molecule is Cn1nnc2c(CC(=O)O)cccc21. The Hall–Kier alpha value is -1.91. The summed E-state index contributed by atoms with van der Waals surface area (Å²) in [5.41, 5.74) is 2.21. The standard InChI is InChI=1S/C9H9N3O2/c1-12-7-4-2-3-6(5-8(13)14)9(7)10-11-12/h2-4H,5H2,1H3,(H,13,14). The van der Waals surface area contributed by atoms with E-state index in [4.69, 9.17) is 5.11 Å². The maximum Gasteiger partial charge on any atom is 0.307 e. The second-order valence-corrected chi connectivity index (χ2v) is 3.07. The van der Waals surface area contributed by atoms with E-state index in [0.717, 1.165) is 5.52 Å². The van der Waals surface area contributed by atoms with Gasteiger partial charge in [-0.1, -0.05) is 17.3 Å². The fraction of sp³-hybridized carbons (Fsp3) is 0.222. The number of aromatic nitrogens is 3. The molecule has 1 aromatic carbocycles. The number of carboxylic acid groups (broad SMARTS) is 1. The molecule has 1 aromatic heterocycles. The van der Waals surface area contributed by atoms with E-state index >= 15 is 0 Å². The van der Waals surface area contributed by atoms with Crippen LogP contribution in [0, 0.1) is 0 Å². The van der Waals surface area contributed by atoms with Crippen molar-refractivity contribution in [3.63, 3.8) is 0 Å². The van der Waals surface area contributed by atoms with Gasteiger partial charge in [-0.05, 0) is 11.6 Å². The number of benzene rings is 1. The van der Waals surface area contributed by atoms with Gasteiger partial charge < -0.3 is 5.11 Å². The highest BCUT2D eigenvalue weighted by atomic mass is 16.4. The monoisotopic (exact) mass is 191 g/mol. The summed E-state index contributed by atoms with van der Waals surface area (Å²) in [6.45, 7) is 0. The van der Waals surface area contributed by atoms with Crippen LogP contribution < -0.4 is 0 Å². The maximum atomic E-state index is 10.6. The van der Waals surface area contributed by atoms with Crippen molar-refractivity contribution in [2.24, 2.45) is 7.05 Å². The van der Waals surface area contributed by atoms with Crippen molar-refractivity contribution in [2.45, 2.75) is 6.42 Å². The first-order valence-electron chi connectivity index (χ1n) is 4.17. The topological polar surface area (TPSA) is 68.0 Å². The third-order valence-corrected chi connectivity index (χ3v) is 2.07. The van der Waals surface area contributed by atoms with E-state index in [1.165, 1.54) is 0 Å². The van der Waals surface area contributed by atoms with Gasteiger partial charge in [-0.15, -0.1) is 5.10 Å². The van der Waals surface area contributed by atoms with Crippen LogP contribution in [0.3, 0.4) is 0 Å². The van der Waals surface area contributed by atoms with Crippen LogP contribution in [0.5, 0.6) is 0 Å². The number of hydrogen-bond donors (Lipinski definition) is 1. The molecule has 14 heavy (non-hydrogen) atoms. The Bertz CT molecular complexity index is 490. The van der Waals surface area contributed by atoms with E-state index in [1.807, 2.05) is 12.1 Å². The molecule has 0 aliphatic carbocycles. The molecule has 0 fully saturated rings. The van der Waals surface area contributed by atoms with Crippen LogP contribution in [0.15, 0.2) is 18.2 Å². The van der Waals surface area contributed by atoms with Gasteiger partial charge in [-0.2, -0.15) is 0 Å². The minimum atomic E-state index is -0.858. The van der Waals surface area contributed by atoms with E-state index in [1.54, 1.807) is 17.8 Å². The third-order valence-electron chi connectivity index (χ3n) is 2.07. The van der Waals surface area contributed by atoms with Gasteiger partial charge in [-0.3, -0.25) is 4.79 Å². The van der Waals surface area contributed by atoms with Gasteiger partial charge in [0.25, 0.3) is 0 Å². The fourth-order valence-corrected chi connectivity index (χ4v) is 1.42. The van der Waals surface area contributed by atoms with Crippen LogP contribution in [0.4, 0.5) is 0 Å². The van der Waals surface area contributed by atoms with Crippen molar-refractivity contribution in [3.05, 3.63) is 23.8 Å². The zero-order chi connectivity index (χ0) is 10.1. The van der Waals surface area contributed by atoms with Crippen LogP contribution in [0.1, 0.15) is 5.56 Å². The maximum absolute atomic E-state index is 10.6. The molecular formula is C9H9N3O2. The predicted molar refractivity (Wildman–Crippen MR) is 49.8 cm³/mol. The molecule has 72 valence electrons. The first-order valence-corrected chi connectivity index (χ1v) is 4.17. The van der Waals surface area contributed by atoms with Gasteiger partial charge >= 0.3 is 5.97 Å². The zero-order valence-corrected chi connectivity index (χ0v) is 7.64. The normalized spacial score (nSPS) is 10.6. The molecule has 2 rings (SSSR count). The van der Waals surface area contributed by atoms with E-state index in [-0.39, 0.29) is 6.42 Å². The summed E-state index contributed by atoms with van der Waals surface area (Å²) >= 11 is 0. The third kappa shape index (κ3) is 1.32. The van der Waals surface area contributed by atoms with Crippen molar-refractivity contribution in [1.29, 1.82) is 0 Å². The van der Waals surface area contributed by atoms with Crippen molar-refractivity contribution >= 4 is 17.0 Å². The van der Waals surface area contributed by atoms with E-state index in [2.05, 4.69) is 10.3 Å². The Balaban J connectivity index is 2.59. The minimum Gasteiger partial charge on any atom is -0.481 e. The summed E-state index contributed by atoms with van der Waals surface area (Å²) in [4.78, 5) is 10.6. The molecule has 0 saturated carbocycles. The average molecular weight is 191 g/mol. The highest BCUT2D eigenvalue weighted by Gasteiger charge is 2.08. The van der Waals surface area contributed by atoms with Gasteiger partial charge in [0, 0.05) is 7.05 Å². The Morgan fingerprint density at radius 2 is 2.36 bits per heavy atom. The number of aryl methyl sites for hydroxylation is 1. The van der Waals surface area contributed by atoms with Gasteiger partial charge in [-0.25, -0.2) is 4.68 Å². The van der Waals surface area contributed by atoms with Crippen LogP contribution in [0.25, 0.3) is 11.0 Å². The molecule has 0 amide bonds. The Morgan fingerprint density at radius 3 is 3.07 bits per heavy atom. The number of hydrogen-bond acceptors (Lipinski definition) is 3. The van der Waals surface area contributed by atoms with Crippen LogP contribution in [0.2, 0.25) is 0 Å². The Kier molecular flexibility index (Phi) is 1.92. The zero-order valence-electron chi connectivity index (χ0n) is 7.64. The van der Waals surface area contributed by atoms with Gasteiger partial charge in [0.15, 0.2) is 0 Å². The molecule has 1 heterocycles. The number of nitrogens with zero attached hydrogens (tertiary/aromatic N) is 3. The van der Waals surface area contributed by atoms with Crippen LogP contribution in [-0.2, 0) is 18.3 Å². The average Bonchev–Trinajstić information content (AvgIpc) is 2.49. The summed E-state index contributed by atoms with van der Waals surface area (Å²) in [5, 5.41) is 16.4. The number of fused-ring (bicyclic) bond motifs is 1. The number of carboxylic acids is 1. The molecule has 5 nitrogen and oxygen atoms in total. The molecule has 0 atom stereocenters. The molecule has 0 saturated heterocycles. The molecule has 0 aliphatic rings. The van der Waals surface area contributed by atoms with Crippen LogP contribution >= 0.6 is 0 Å². The summed E-state index contributed by atoms with van der Waals surface area (Å²) in [6.07, 6.45) is -0.0178. The first kappa shape index (κ1) is 8.68. The second-order valence-electron chi connectivity index (χ2n) is 3.07. The van der Waals surface area contributed by atoms with Crippen molar-refractivity contribution in [2.75, 3.05) is 0 Å². The second kappa shape index (κ2) is 3.10. The molecule has 1 N–H and O–H groups in total. The molecule has 0 aliphatic heterocycles. The summed E-state index contributed by atoms with van der Waals surface area (Å²) in [6, 6.07) is 5.43. The van der Waals surface area contributed by atoms with Gasteiger partial charge in [0.1, 0.15) is 5.52 Å². The molecule has 2 aromatic rings. The largest absolute Gasteiger partial charge is 0.481 e. The number of rotatable bonds is 2. The predicted octanol–water partition coefficient (Wildman–Crippen LogP) is 0.595. The van der Waals surface area contributed by atoms with Crippen molar-refractivity contribution in [1.82, 2.24) is 15.0 Å². The molecule has 0 radical (unpaired) electrons. The van der Waals surface area contributed by atoms with E-state index < -0.39 is 5.97 Å². The van der Waals surface area contributed by atoms with Gasteiger partial charge in [0.05, 0.1) is 11.9 Å². The smallest absolute Gasteiger partial charge is 0.307 e. The molecule has 0 bridgehead atoms. The van der Waals surface area contributed by atoms with E-state index in [9.17, 15) is 4.79 Å². The lowest BCUT2D eigenvalue weighted by Gasteiger charge is -1.97. The lowest BCUT2D eigenvalue weighted by molar-refractivity contribution is -0.136.